The van der Waals surface area contributed by atoms with Crippen LogP contribution in [-0.4, -0.2) is 48.1 Å². The summed E-state index contributed by atoms with van der Waals surface area (Å²) >= 11 is 0. The third kappa shape index (κ3) is 6.27. The highest BCUT2D eigenvalue weighted by Gasteiger charge is 2.56. The van der Waals surface area contributed by atoms with Crippen molar-refractivity contribution in [2.75, 3.05) is 20.8 Å². The number of aliphatic hydroxyl groups excluding tert-OH is 1. The second-order valence-electron chi connectivity index (χ2n) is 9.81. The number of rotatable bonds is 14. The molecule has 2 atom stereocenters. The molecule has 3 N–H and O–H groups in total. The summed E-state index contributed by atoms with van der Waals surface area (Å²) in [4.78, 5) is 25.0. The molecule has 32 heavy (non-hydrogen) atoms. The van der Waals surface area contributed by atoms with E-state index >= 15 is 0 Å². The van der Waals surface area contributed by atoms with Crippen molar-refractivity contribution < 1.29 is 34.4 Å². The van der Waals surface area contributed by atoms with Gasteiger partial charge in [0, 0.05) is 12.5 Å². The van der Waals surface area contributed by atoms with Gasteiger partial charge >= 0.3 is 11.9 Å². The van der Waals surface area contributed by atoms with E-state index < -0.39 is 28.7 Å². The van der Waals surface area contributed by atoms with Crippen molar-refractivity contribution in [2.24, 2.45) is 16.7 Å². The minimum Gasteiger partial charge on any atom is -0.493 e. The van der Waals surface area contributed by atoms with Gasteiger partial charge in [-0.25, -0.2) is 4.79 Å². The van der Waals surface area contributed by atoms with Gasteiger partial charge in [-0.1, -0.05) is 65.7 Å². The van der Waals surface area contributed by atoms with Crippen LogP contribution in [0.25, 0.3) is 0 Å². The zero-order valence-electron chi connectivity index (χ0n) is 20.6. The molecular formula is C25H42O7. The Morgan fingerprint density at radius 1 is 0.875 bits per heavy atom. The molecule has 0 heterocycles. The minimum absolute atomic E-state index is 0.0220. The lowest BCUT2D eigenvalue weighted by molar-refractivity contribution is -0.150. The van der Waals surface area contributed by atoms with Crippen molar-refractivity contribution in [3.05, 3.63) is 22.7 Å². The maximum absolute atomic E-state index is 12.7. The number of carboxylic acid groups (broad SMARTS) is 2. The first kappa shape index (κ1) is 28.0. The minimum atomic E-state index is -1.43. The molecule has 0 aromatic rings. The summed E-state index contributed by atoms with van der Waals surface area (Å²) in [6.07, 6.45) is 8.27. The average molecular weight is 455 g/mol. The number of carboxylic acids is 2. The van der Waals surface area contributed by atoms with Gasteiger partial charge in [-0.3, -0.25) is 4.79 Å². The molecule has 0 aromatic carbocycles. The fourth-order valence-electron chi connectivity index (χ4n) is 5.07. The summed E-state index contributed by atoms with van der Waals surface area (Å²) in [6.45, 7) is 7.60. The first-order chi connectivity index (χ1) is 15.0. The summed E-state index contributed by atoms with van der Waals surface area (Å²) in [7, 11) is 2.82. The molecule has 7 heteroatoms. The Morgan fingerprint density at radius 2 is 1.34 bits per heavy atom. The van der Waals surface area contributed by atoms with Gasteiger partial charge < -0.3 is 24.8 Å². The zero-order chi connectivity index (χ0) is 24.5. The summed E-state index contributed by atoms with van der Waals surface area (Å²) in [5.74, 6) is -2.63. The van der Waals surface area contributed by atoms with Crippen molar-refractivity contribution in [2.45, 2.75) is 85.5 Å². The molecule has 7 nitrogen and oxygen atoms in total. The van der Waals surface area contributed by atoms with E-state index in [2.05, 4.69) is 0 Å². The molecule has 0 saturated carbocycles. The van der Waals surface area contributed by atoms with Crippen molar-refractivity contribution in [1.82, 2.24) is 0 Å². The van der Waals surface area contributed by atoms with Crippen LogP contribution < -0.4 is 0 Å². The predicted molar refractivity (Wildman–Crippen MR) is 123 cm³/mol. The first-order valence-corrected chi connectivity index (χ1v) is 11.6. The average Bonchev–Trinajstić information content (AvgIpc) is 2.71. The molecule has 0 radical (unpaired) electrons. The quantitative estimate of drug-likeness (QED) is 0.311. The SMILES string of the molecule is COC1=C(C(=O)O)C(CCCCCCCCCCO)C(C)(C(=O)O)C(C(C)(C)C)=C1OC. The maximum Gasteiger partial charge on any atom is 0.335 e. The Kier molecular flexibility index (Phi) is 10.8. The number of ether oxygens (including phenoxy) is 2. The van der Waals surface area contributed by atoms with Gasteiger partial charge in [-0.05, 0) is 30.8 Å². The number of carbonyl (C=O) groups is 2. The Labute approximate surface area is 192 Å². The lowest BCUT2D eigenvalue weighted by Gasteiger charge is -2.46. The lowest BCUT2D eigenvalue weighted by atomic mass is 9.57. The van der Waals surface area contributed by atoms with Crippen LogP contribution in [0, 0.1) is 16.7 Å². The molecule has 1 rings (SSSR count). The Balaban J connectivity index is 3.19. The topological polar surface area (TPSA) is 113 Å². The van der Waals surface area contributed by atoms with E-state index in [1.54, 1.807) is 6.92 Å². The van der Waals surface area contributed by atoms with E-state index in [0.717, 1.165) is 51.4 Å². The second-order valence-corrected chi connectivity index (χ2v) is 9.81. The monoisotopic (exact) mass is 454 g/mol. The molecule has 1 aliphatic carbocycles. The highest BCUT2D eigenvalue weighted by atomic mass is 16.5. The van der Waals surface area contributed by atoms with Crippen LogP contribution in [0.4, 0.5) is 0 Å². The number of hydrogen-bond donors (Lipinski definition) is 3. The van der Waals surface area contributed by atoms with Gasteiger partial charge in [-0.15, -0.1) is 0 Å². The summed E-state index contributed by atoms with van der Waals surface area (Å²) in [5, 5.41) is 29.2. The van der Waals surface area contributed by atoms with Crippen LogP contribution in [0.3, 0.4) is 0 Å². The van der Waals surface area contributed by atoms with Gasteiger partial charge in [0.25, 0.3) is 0 Å². The molecule has 184 valence electrons. The van der Waals surface area contributed by atoms with Crippen LogP contribution in [0.2, 0.25) is 0 Å². The lowest BCUT2D eigenvalue weighted by Crippen LogP contribution is -2.47. The number of aliphatic hydroxyl groups is 1. The molecule has 0 bridgehead atoms. The fourth-order valence-corrected chi connectivity index (χ4v) is 5.07. The van der Waals surface area contributed by atoms with E-state index in [1.165, 1.54) is 14.2 Å². The number of hydrogen-bond acceptors (Lipinski definition) is 5. The summed E-state index contributed by atoms with van der Waals surface area (Å²) in [6, 6.07) is 0. The molecule has 1 aliphatic rings. The second kappa shape index (κ2) is 12.3. The summed E-state index contributed by atoms with van der Waals surface area (Å²) < 4.78 is 11.1. The van der Waals surface area contributed by atoms with Gasteiger partial charge in [-0.2, -0.15) is 0 Å². The van der Waals surface area contributed by atoms with Crippen LogP contribution in [-0.2, 0) is 19.1 Å². The largest absolute Gasteiger partial charge is 0.493 e. The van der Waals surface area contributed by atoms with Crippen LogP contribution in [0.1, 0.15) is 85.5 Å². The molecule has 0 saturated heterocycles. The van der Waals surface area contributed by atoms with Gasteiger partial charge in [0.2, 0.25) is 0 Å². The van der Waals surface area contributed by atoms with Gasteiger partial charge in [0.05, 0.1) is 25.2 Å². The predicted octanol–water partition coefficient (Wildman–Crippen LogP) is 5.14. The third-order valence-corrected chi connectivity index (χ3v) is 6.48. The van der Waals surface area contributed by atoms with E-state index in [9.17, 15) is 19.8 Å². The highest BCUT2D eigenvalue weighted by Crippen LogP contribution is 2.55. The molecule has 0 spiro atoms. The molecule has 0 fully saturated rings. The Hall–Kier alpha value is -2.02. The highest BCUT2D eigenvalue weighted by molar-refractivity contribution is 5.93. The summed E-state index contributed by atoms with van der Waals surface area (Å²) in [5.41, 5.74) is -1.47. The van der Waals surface area contributed by atoms with Crippen LogP contribution in [0.15, 0.2) is 22.7 Å². The van der Waals surface area contributed by atoms with E-state index in [4.69, 9.17) is 14.6 Å². The normalized spacial score (nSPS) is 21.7. The van der Waals surface area contributed by atoms with E-state index in [0.29, 0.717) is 12.0 Å². The van der Waals surface area contributed by atoms with Gasteiger partial charge in [0.1, 0.15) is 0 Å². The molecule has 0 aliphatic heterocycles. The maximum atomic E-state index is 12.7. The fraction of sp³-hybridized carbons (Fsp3) is 0.760. The number of aliphatic carboxylic acids is 2. The molecule has 2 unspecified atom stereocenters. The molecule has 0 aromatic heterocycles. The Morgan fingerprint density at radius 3 is 1.72 bits per heavy atom. The van der Waals surface area contributed by atoms with E-state index in [-0.39, 0.29) is 23.7 Å². The number of methoxy groups -OCH3 is 2. The van der Waals surface area contributed by atoms with E-state index in [1.807, 2.05) is 20.8 Å². The van der Waals surface area contributed by atoms with Crippen molar-refractivity contribution in [1.29, 1.82) is 0 Å². The Bertz CT molecular complexity index is 714. The first-order valence-electron chi connectivity index (χ1n) is 11.6. The molecular weight excluding hydrogens is 412 g/mol. The standard InChI is InChI=1S/C25H42O7/c1-24(2,3)21-20(32-6)19(31-5)18(22(27)28)17(25(21,4)23(29)30)15-13-11-9-7-8-10-12-14-16-26/h17,26H,7-16H2,1-6H3,(H,27,28)(H,29,30). The molecule has 0 amide bonds. The van der Waals surface area contributed by atoms with Crippen molar-refractivity contribution in [3.63, 3.8) is 0 Å². The van der Waals surface area contributed by atoms with Gasteiger partial charge in [0.15, 0.2) is 11.5 Å². The van der Waals surface area contributed by atoms with Crippen molar-refractivity contribution >= 4 is 11.9 Å². The van der Waals surface area contributed by atoms with Crippen molar-refractivity contribution in [3.8, 4) is 0 Å². The smallest absolute Gasteiger partial charge is 0.335 e. The third-order valence-electron chi connectivity index (χ3n) is 6.48. The van der Waals surface area contributed by atoms with Crippen LogP contribution >= 0.6 is 0 Å². The zero-order valence-corrected chi connectivity index (χ0v) is 20.6. The van der Waals surface area contributed by atoms with Crippen LogP contribution in [0.5, 0.6) is 0 Å². The number of unbranched alkanes of at least 4 members (excludes halogenated alkanes) is 7.